The molecule has 1 aromatic heterocycles. The van der Waals surface area contributed by atoms with Gasteiger partial charge in [0.25, 0.3) is 5.91 Å². The van der Waals surface area contributed by atoms with Crippen LogP contribution in [0.3, 0.4) is 0 Å². The van der Waals surface area contributed by atoms with E-state index in [1.165, 1.54) is 0 Å². The zero-order valence-corrected chi connectivity index (χ0v) is 13.2. The number of ether oxygens (including phenoxy) is 1. The van der Waals surface area contributed by atoms with Crippen LogP contribution >= 0.6 is 0 Å². The number of ketones is 1. The van der Waals surface area contributed by atoms with Gasteiger partial charge in [-0.3, -0.25) is 14.3 Å². The third kappa shape index (κ3) is 2.92. The molecule has 0 radical (unpaired) electrons. The Hall–Kier alpha value is -1.69. The van der Waals surface area contributed by atoms with Crippen LogP contribution in [0.1, 0.15) is 43.0 Å². The summed E-state index contributed by atoms with van der Waals surface area (Å²) in [6.45, 7) is 3.45. The highest BCUT2D eigenvalue weighted by atomic mass is 16.5. The Morgan fingerprint density at radius 3 is 2.86 bits per heavy atom. The molecule has 2 saturated heterocycles. The Morgan fingerprint density at radius 2 is 2.23 bits per heavy atom. The number of aromatic nitrogens is 2. The van der Waals surface area contributed by atoms with Crippen molar-refractivity contribution < 1.29 is 14.3 Å². The molecule has 3 unspecified atom stereocenters. The molecule has 3 heterocycles. The van der Waals surface area contributed by atoms with Crippen LogP contribution < -0.4 is 0 Å². The van der Waals surface area contributed by atoms with Crippen molar-refractivity contribution >= 4 is 11.7 Å². The molecule has 2 fully saturated rings. The van der Waals surface area contributed by atoms with Crippen LogP contribution in [0.15, 0.2) is 12.4 Å². The van der Waals surface area contributed by atoms with E-state index in [1.54, 1.807) is 24.1 Å². The molecule has 120 valence electrons. The van der Waals surface area contributed by atoms with E-state index < -0.39 is 0 Å². The molecule has 2 aliphatic rings. The normalized spacial score (nSPS) is 28.3. The highest BCUT2D eigenvalue weighted by molar-refractivity contribution is 5.96. The van der Waals surface area contributed by atoms with E-state index in [0.717, 1.165) is 25.8 Å². The van der Waals surface area contributed by atoms with Gasteiger partial charge in [0.1, 0.15) is 6.10 Å². The molecule has 0 N–H and O–H groups in total. The second kappa shape index (κ2) is 6.20. The van der Waals surface area contributed by atoms with Crippen LogP contribution in [0.2, 0.25) is 0 Å². The Bertz CT molecular complexity index is 569. The number of likely N-dealkylation sites (tertiary alicyclic amines) is 1. The van der Waals surface area contributed by atoms with E-state index in [2.05, 4.69) is 12.0 Å². The second-order valence-corrected chi connectivity index (χ2v) is 6.42. The predicted octanol–water partition coefficient (Wildman–Crippen LogP) is 1.41. The van der Waals surface area contributed by atoms with Crippen LogP contribution in [0, 0.1) is 5.92 Å². The number of nitrogens with zero attached hydrogens (tertiary/aromatic N) is 3. The van der Waals surface area contributed by atoms with Crippen molar-refractivity contribution in [2.75, 3.05) is 13.2 Å². The first-order valence-electron chi connectivity index (χ1n) is 8.00. The third-order valence-corrected chi connectivity index (χ3v) is 4.74. The van der Waals surface area contributed by atoms with Crippen molar-refractivity contribution in [1.82, 2.24) is 14.7 Å². The molecule has 6 heteroatoms. The van der Waals surface area contributed by atoms with Crippen molar-refractivity contribution in [3.05, 3.63) is 18.0 Å². The first-order chi connectivity index (χ1) is 10.6. The molecular weight excluding hydrogens is 282 g/mol. The third-order valence-electron chi connectivity index (χ3n) is 4.74. The molecular formula is C16H23N3O3. The average Bonchev–Trinajstić information content (AvgIpc) is 3.19. The SMILES string of the molecule is CC1CCOC1C(=O)N1CCCC1CC(=O)c1cnn(C)c1. The van der Waals surface area contributed by atoms with Gasteiger partial charge in [0.2, 0.25) is 0 Å². The van der Waals surface area contributed by atoms with Gasteiger partial charge < -0.3 is 9.64 Å². The molecule has 1 aromatic rings. The smallest absolute Gasteiger partial charge is 0.252 e. The Balaban J connectivity index is 1.65. The van der Waals surface area contributed by atoms with Crippen molar-refractivity contribution in [2.24, 2.45) is 13.0 Å². The van der Waals surface area contributed by atoms with Crippen molar-refractivity contribution in [3.8, 4) is 0 Å². The van der Waals surface area contributed by atoms with Crippen LogP contribution in [-0.4, -0.2) is 51.7 Å². The lowest BCUT2D eigenvalue weighted by Gasteiger charge is -2.28. The summed E-state index contributed by atoms with van der Waals surface area (Å²) in [7, 11) is 1.79. The minimum Gasteiger partial charge on any atom is -0.368 e. The van der Waals surface area contributed by atoms with Gasteiger partial charge in [-0.25, -0.2) is 0 Å². The van der Waals surface area contributed by atoms with Crippen LogP contribution in [0.25, 0.3) is 0 Å². The molecule has 0 spiro atoms. The maximum atomic E-state index is 12.7. The second-order valence-electron chi connectivity index (χ2n) is 6.42. The fourth-order valence-corrected chi connectivity index (χ4v) is 3.41. The van der Waals surface area contributed by atoms with Crippen molar-refractivity contribution in [3.63, 3.8) is 0 Å². The number of rotatable bonds is 4. The number of hydrogen-bond donors (Lipinski definition) is 0. The van der Waals surface area contributed by atoms with E-state index in [-0.39, 0.29) is 29.8 Å². The summed E-state index contributed by atoms with van der Waals surface area (Å²) in [5.74, 6) is 0.382. The van der Waals surface area contributed by atoms with Gasteiger partial charge in [0.15, 0.2) is 5.78 Å². The monoisotopic (exact) mass is 305 g/mol. The molecule has 1 amide bonds. The number of Topliss-reactive ketones (excluding diaryl/α,β-unsaturated/α-hetero) is 1. The topological polar surface area (TPSA) is 64.4 Å². The van der Waals surface area contributed by atoms with Gasteiger partial charge in [0, 0.05) is 38.9 Å². The number of amides is 1. The van der Waals surface area contributed by atoms with Crippen LogP contribution in [0.4, 0.5) is 0 Å². The molecule has 22 heavy (non-hydrogen) atoms. The lowest BCUT2D eigenvalue weighted by molar-refractivity contribution is -0.143. The summed E-state index contributed by atoms with van der Waals surface area (Å²) in [5, 5.41) is 4.03. The lowest BCUT2D eigenvalue weighted by atomic mass is 10.0. The number of hydrogen-bond acceptors (Lipinski definition) is 4. The van der Waals surface area contributed by atoms with E-state index in [9.17, 15) is 9.59 Å². The molecule has 3 atom stereocenters. The summed E-state index contributed by atoms with van der Waals surface area (Å²) in [6, 6.07) is -0.00314. The molecule has 0 aromatic carbocycles. The van der Waals surface area contributed by atoms with E-state index in [4.69, 9.17) is 4.74 Å². The standard InChI is InChI=1S/C16H23N3O3/c1-11-5-7-22-15(11)16(21)19-6-3-4-13(19)8-14(20)12-9-17-18(2)10-12/h9-11,13,15H,3-8H2,1-2H3. The van der Waals surface area contributed by atoms with E-state index in [1.807, 2.05) is 4.90 Å². The van der Waals surface area contributed by atoms with Gasteiger partial charge in [-0.15, -0.1) is 0 Å². The van der Waals surface area contributed by atoms with Gasteiger partial charge in [-0.1, -0.05) is 6.92 Å². The van der Waals surface area contributed by atoms with Gasteiger partial charge in [0.05, 0.1) is 11.8 Å². The first kappa shape index (κ1) is 15.2. The quantitative estimate of drug-likeness (QED) is 0.789. The Kier molecular flexibility index (Phi) is 4.29. The summed E-state index contributed by atoms with van der Waals surface area (Å²) < 4.78 is 7.22. The van der Waals surface area contributed by atoms with Gasteiger partial charge in [-0.05, 0) is 25.2 Å². The zero-order chi connectivity index (χ0) is 15.7. The Morgan fingerprint density at radius 1 is 1.41 bits per heavy atom. The summed E-state index contributed by atoms with van der Waals surface area (Å²) in [6.07, 6.45) is 6.14. The van der Waals surface area contributed by atoms with E-state index in [0.29, 0.717) is 18.6 Å². The fraction of sp³-hybridized carbons (Fsp3) is 0.688. The van der Waals surface area contributed by atoms with Gasteiger partial charge in [-0.2, -0.15) is 5.10 Å². The maximum absolute atomic E-state index is 12.7. The first-order valence-corrected chi connectivity index (χ1v) is 8.00. The van der Waals surface area contributed by atoms with Crippen LogP contribution in [-0.2, 0) is 16.6 Å². The summed E-state index contributed by atoms with van der Waals surface area (Å²) in [4.78, 5) is 26.9. The summed E-state index contributed by atoms with van der Waals surface area (Å²) >= 11 is 0. The molecule has 0 aliphatic carbocycles. The molecule has 0 bridgehead atoms. The highest BCUT2D eigenvalue weighted by Crippen LogP contribution is 2.28. The maximum Gasteiger partial charge on any atom is 0.252 e. The number of aryl methyl sites for hydroxylation is 1. The predicted molar refractivity (Wildman–Crippen MR) is 80.4 cm³/mol. The average molecular weight is 305 g/mol. The van der Waals surface area contributed by atoms with Crippen molar-refractivity contribution in [2.45, 2.75) is 44.8 Å². The fourth-order valence-electron chi connectivity index (χ4n) is 3.41. The minimum atomic E-state index is -0.325. The molecule has 6 nitrogen and oxygen atoms in total. The zero-order valence-electron chi connectivity index (χ0n) is 13.2. The molecule has 2 aliphatic heterocycles. The highest BCUT2D eigenvalue weighted by Gasteiger charge is 2.39. The lowest BCUT2D eigenvalue weighted by Crippen LogP contribution is -2.44. The largest absolute Gasteiger partial charge is 0.368 e. The summed E-state index contributed by atoms with van der Waals surface area (Å²) in [5.41, 5.74) is 0.618. The van der Waals surface area contributed by atoms with Crippen LogP contribution in [0.5, 0.6) is 0 Å². The number of carbonyl (C=O) groups is 2. The van der Waals surface area contributed by atoms with Gasteiger partial charge >= 0.3 is 0 Å². The minimum absolute atomic E-state index is 0.00314. The number of carbonyl (C=O) groups excluding carboxylic acids is 2. The van der Waals surface area contributed by atoms with Crippen molar-refractivity contribution in [1.29, 1.82) is 0 Å². The van der Waals surface area contributed by atoms with E-state index >= 15 is 0 Å². The molecule has 3 rings (SSSR count). The Labute approximate surface area is 130 Å². The molecule has 0 saturated carbocycles.